The highest BCUT2D eigenvalue weighted by molar-refractivity contribution is 7.17. The molecule has 2 aromatic rings. The number of thiophene rings is 1. The van der Waals surface area contributed by atoms with Crippen molar-refractivity contribution in [3.63, 3.8) is 0 Å². The minimum Gasteiger partial charge on any atom is -0.481 e. The molecule has 0 aliphatic carbocycles. The summed E-state index contributed by atoms with van der Waals surface area (Å²) >= 11 is 1.70. The van der Waals surface area contributed by atoms with Crippen molar-refractivity contribution in [2.24, 2.45) is 0 Å². The number of benzene rings is 1. The number of rotatable bonds is 3. The zero-order valence-electron chi connectivity index (χ0n) is 8.49. The van der Waals surface area contributed by atoms with Crippen LogP contribution in [0.2, 0.25) is 0 Å². The van der Waals surface area contributed by atoms with Crippen LogP contribution in [0.15, 0.2) is 23.6 Å². The zero-order chi connectivity index (χ0) is 10.8. The van der Waals surface area contributed by atoms with Crippen LogP contribution in [0.5, 0.6) is 0 Å². The smallest absolute Gasteiger partial charge is 0.303 e. The molecule has 1 N–H and O–H groups in total. The molecule has 0 radical (unpaired) electrons. The van der Waals surface area contributed by atoms with Gasteiger partial charge in [0.15, 0.2) is 0 Å². The zero-order valence-corrected chi connectivity index (χ0v) is 9.30. The topological polar surface area (TPSA) is 37.3 Å². The number of carboxylic acids is 1. The maximum Gasteiger partial charge on any atom is 0.303 e. The molecule has 1 aromatic heterocycles. The number of fused-ring (bicyclic) bond motifs is 1. The standard InChI is InChI=1S/C12H12O2S/c1-8-7-15-12-9(5-6-11(13)14)3-2-4-10(8)12/h2-4,7H,5-6H2,1H3,(H,13,14). The molecule has 2 rings (SSSR count). The quantitative estimate of drug-likeness (QED) is 0.862. The third kappa shape index (κ3) is 2.02. The van der Waals surface area contributed by atoms with E-state index in [-0.39, 0.29) is 6.42 Å². The highest BCUT2D eigenvalue weighted by Gasteiger charge is 2.06. The Morgan fingerprint density at radius 3 is 3.00 bits per heavy atom. The van der Waals surface area contributed by atoms with Crippen LogP contribution in [-0.4, -0.2) is 11.1 Å². The van der Waals surface area contributed by atoms with Crippen molar-refractivity contribution in [1.82, 2.24) is 0 Å². The molecule has 78 valence electrons. The Morgan fingerprint density at radius 1 is 1.47 bits per heavy atom. The average Bonchev–Trinajstić information content (AvgIpc) is 2.58. The molecule has 0 saturated carbocycles. The molecule has 1 heterocycles. The first kappa shape index (κ1) is 10.2. The fourth-order valence-corrected chi connectivity index (χ4v) is 2.78. The van der Waals surface area contributed by atoms with E-state index in [1.54, 1.807) is 11.3 Å². The van der Waals surface area contributed by atoms with Gasteiger partial charge >= 0.3 is 5.97 Å². The van der Waals surface area contributed by atoms with Gasteiger partial charge in [-0.2, -0.15) is 0 Å². The first-order valence-corrected chi connectivity index (χ1v) is 5.74. The van der Waals surface area contributed by atoms with Crippen LogP contribution in [0.1, 0.15) is 17.5 Å². The average molecular weight is 220 g/mol. The third-order valence-electron chi connectivity index (χ3n) is 2.48. The molecule has 3 heteroatoms. The van der Waals surface area contributed by atoms with Crippen molar-refractivity contribution in [2.75, 3.05) is 0 Å². The Bertz CT molecular complexity index is 499. The van der Waals surface area contributed by atoms with Gasteiger partial charge < -0.3 is 5.11 Å². The molecule has 0 unspecified atom stereocenters. The maximum absolute atomic E-state index is 10.5. The molecule has 0 saturated heterocycles. The summed E-state index contributed by atoms with van der Waals surface area (Å²) in [4.78, 5) is 10.5. The van der Waals surface area contributed by atoms with Gasteiger partial charge in [-0.05, 0) is 35.2 Å². The summed E-state index contributed by atoms with van der Waals surface area (Å²) in [6.45, 7) is 2.08. The molecule has 2 nitrogen and oxygen atoms in total. The molecule has 0 amide bonds. The second kappa shape index (κ2) is 4.03. The fraction of sp³-hybridized carbons (Fsp3) is 0.250. The van der Waals surface area contributed by atoms with E-state index >= 15 is 0 Å². The van der Waals surface area contributed by atoms with E-state index in [4.69, 9.17) is 5.11 Å². The summed E-state index contributed by atoms with van der Waals surface area (Å²) in [5, 5.41) is 12.0. The van der Waals surface area contributed by atoms with Crippen LogP contribution < -0.4 is 0 Å². The number of carboxylic acid groups (broad SMARTS) is 1. The molecule has 0 spiro atoms. The lowest BCUT2D eigenvalue weighted by Crippen LogP contribution is -1.97. The molecule has 0 fully saturated rings. The van der Waals surface area contributed by atoms with Crippen molar-refractivity contribution in [1.29, 1.82) is 0 Å². The van der Waals surface area contributed by atoms with Gasteiger partial charge in [0.05, 0.1) is 0 Å². The number of carbonyl (C=O) groups is 1. The highest BCUT2D eigenvalue weighted by Crippen LogP contribution is 2.29. The number of aliphatic carboxylic acids is 1. The Kier molecular flexibility index (Phi) is 2.73. The lowest BCUT2D eigenvalue weighted by Gasteiger charge is -2.00. The predicted molar refractivity (Wildman–Crippen MR) is 62.5 cm³/mol. The summed E-state index contributed by atoms with van der Waals surface area (Å²) in [6.07, 6.45) is 0.822. The Hall–Kier alpha value is -1.35. The molecule has 0 aliphatic heterocycles. The van der Waals surface area contributed by atoms with E-state index in [1.165, 1.54) is 15.6 Å². The Labute approximate surface area is 92.2 Å². The van der Waals surface area contributed by atoms with Crippen molar-refractivity contribution in [2.45, 2.75) is 19.8 Å². The Balaban J connectivity index is 2.38. The van der Waals surface area contributed by atoms with Crippen molar-refractivity contribution < 1.29 is 9.90 Å². The van der Waals surface area contributed by atoms with E-state index < -0.39 is 5.97 Å². The summed E-state index contributed by atoms with van der Waals surface area (Å²) in [5.41, 5.74) is 2.42. The first-order chi connectivity index (χ1) is 7.18. The van der Waals surface area contributed by atoms with E-state index in [1.807, 2.05) is 12.1 Å². The van der Waals surface area contributed by atoms with Crippen LogP contribution >= 0.6 is 11.3 Å². The van der Waals surface area contributed by atoms with E-state index in [2.05, 4.69) is 18.4 Å². The van der Waals surface area contributed by atoms with Crippen LogP contribution in [0.25, 0.3) is 10.1 Å². The van der Waals surface area contributed by atoms with Crippen LogP contribution in [0, 0.1) is 6.92 Å². The number of aryl methyl sites for hydroxylation is 2. The third-order valence-corrected chi connectivity index (χ3v) is 3.67. The summed E-state index contributed by atoms with van der Waals surface area (Å²) < 4.78 is 1.23. The fourth-order valence-electron chi connectivity index (χ4n) is 1.68. The van der Waals surface area contributed by atoms with Crippen LogP contribution in [0.4, 0.5) is 0 Å². The number of hydrogen-bond donors (Lipinski definition) is 1. The van der Waals surface area contributed by atoms with Gasteiger partial charge in [-0.25, -0.2) is 0 Å². The largest absolute Gasteiger partial charge is 0.481 e. The van der Waals surface area contributed by atoms with Crippen molar-refractivity contribution in [3.05, 3.63) is 34.7 Å². The lowest BCUT2D eigenvalue weighted by molar-refractivity contribution is -0.136. The van der Waals surface area contributed by atoms with Gasteiger partial charge in [-0.3, -0.25) is 4.79 Å². The Morgan fingerprint density at radius 2 is 2.27 bits per heavy atom. The van der Waals surface area contributed by atoms with Gasteiger partial charge in [-0.15, -0.1) is 11.3 Å². The summed E-state index contributed by atoms with van der Waals surface area (Å²) in [6, 6.07) is 6.10. The van der Waals surface area contributed by atoms with Crippen LogP contribution in [0.3, 0.4) is 0 Å². The molecule has 0 bridgehead atoms. The molecular weight excluding hydrogens is 208 g/mol. The first-order valence-electron chi connectivity index (χ1n) is 4.86. The maximum atomic E-state index is 10.5. The second-order valence-electron chi connectivity index (χ2n) is 3.61. The van der Waals surface area contributed by atoms with Gasteiger partial charge in [0.1, 0.15) is 0 Å². The van der Waals surface area contributed by atoms with E-state index in [9.17, 15) is 4.79 Å². The van der Waals surface area contributed by atoms with Crippen molar-refractivity contribution in [3.8, 4) is 0 Å². The van der Waals surface area contributed by atoms with Gasteiger partial charge in [0, 0.05) is 11.1 Å². The molecule has 0 aliphatic rings. The monoisotopic (exact) mass is 220 g/mol. The lowest BCUT2D eigenvalue weighted by atomic mass is 10.1. The summed E-state index contributed by atoms with van der Waals surface area (Å²) in [5.74, 6) is -0.736. The van der Waals surface area contributed by atoms with E-state index in [0.29, 0.717) is 6.42 Å². The minimum absolute atomic E-state index is 0.204. The molecule has 15 heavy (non-hydrogen) atoms. The van der Waals surface area contributed by atoms with Gasteiger partial charge in [0.25, 0.3) is 0 Å². The second-order valence-corrected chi connectivity index (χ2v) is 4.49. The van der Waals surface area contributed by atoms with Crippen molar-refractivity contribution >= 4 is 27.4 Å². The predicted octanol–water partition coefficient (Wildman–Crippen LogP) is 3.23. The summed E-state index contributed by atoms with van der Waals surface area (Å²) in [7, 11) is 0. The molecular formula is C12H12O2S. The highest BCUT2D eigenvalue weighted by atomic mass is 32.1. The molecule has 0 atom stereocenters. The van der Waals surface area contributed by atoms with E-state index in [0.717, 1.165) is 5.56 Å². The minimum atomic E-state index is -0.736. The van der Waals surface area contributed by atoms with Crippen LogP contribution in [-0.2, 0) is 11.2 Å². The van der Waals surface area contributed by atoms with Gasteiger partial charge in [-0.1, -0.05) is 18.2 Å². The normalized spacial score (nSPS) is 10.7. The van der Waals surface area contributed by atoms with Gasteiger partial charge in [0.2, 0.25) is 0 Å². The SMILES string of the molecule is Cc1csc2c(CCC(=O)O)cccc12. The number of hydrogen-bond acceptors (Lipinski definition) is 2. The molecule has 1 aromatic carbocycles.